The third kappa shape index (κ3) is 2.72. The molecule has 3 heteroatoms. The first-order valence-electron chi connectivity index (χ1n) is 4.69. The Morgan fingerprint density at radius 3 is 2.42 bits per heavy atom. The van der Waals surface area contributed by atoms with E-state index in [2.05, 4.69) is 0 Å². The molecular weight excluding hydrogens is 157 g/mol. The van der Waals surface area contributed by atoms with Crippen LogP contribution in [-0.2, 0) is 0 Å². The maximum absolute atomic E-state index is 12.0. The van der Waals surface area contributed by atoms with Crippen LogP contribution in [-0.4, -0.2) is 23.4 Å². The van der Waals surface area contributed by atoms with Crippen molar-refractivity contribution in [3.8, 4) is 0 Å². The smallest absolute Gasteiger partial charge is 0.115 e. The van der Waals surface area contributed by atoms with Gasteiger partial charge in [-0.15, -0.1) is 0 Å². The number of aliphatic hydroxyl groups is 1. The van der Waals surface area contributed by atoms with E-state index >= 15 is 0 Å². The van der Waals surface area contributed by atoms with Crippen LogP contribution < -0.4 is 5.73 Å². The summed E-state index contributed by atoms with van der Waals surface area (Å²) < 4.78 is 12.0. The van der Waals surface area contributed by atoms with Gasteiger partial charge in [-0.1, -0.05) is 19.3 Å². The minimum atomic E-state index is -0.854. The lowest BCUT2D eigenvalue weighted by Crippen LogP contribution is -2.44. The van der Waals surface area contributed by atoms with Crippen molar-refractivity contribution < 1.29 is 9.50 Å². The van der Waals surface area contributed by atoms with E-state index in [9.17, 15) is 4.39 Å². The quantitative estimate of drug-likeness (QED) is 0.680. The molecule has 1 aliphatic carbocycles. The molecule has 2 nitrogen and oxygen atoms in total. The van der Waals surface area contributed by atoms with Crippen molar-refractivity contribution in [1.82, 2.24) is 0 Å². The SMILES string of the molecule is NC1(CC(O)CF)CCCCC1. The number of alkyl halides is 1. The third-order valence-corrected chi connectivity index (χ3v) is 2.67. The molecule has 1 saturated carbocycles. The van der Waals surface area contributed by atoms with Gasteiger partial charge in [-0.05, 0) is 19.3 Å². The lowest BCUT2D eigenvalue weighted by molar-refractivity contribution is 0.0914. The van der Waals surface area contributed by atoms with E-state index in [4.69, 9.17) is 10.8 Å². The molecule has 1 fully saturated rings. The Hall–Kier alpha value is -0.150. The fourth-order valence-corrected chi connectivity index (χ4v) is 1.98. The summed E-state index contributed by atoms with van der Waals surface area (Å²) in [7, 11) is 0. The molecule has 0 aliphatic heterocycles. The maximum Gasteiger partial charge on any atom is 0.115 e. The van der Waals surface area contributed by atoms with E-state index in [0.717, 1.165) is 25.7 Å². The number of rotatable bonds is 3. The monoisotopic (exact) mass is 175 g/mol. The summed E-state index contributed by atoms with van der Waals surface area (Å²) in [6, 6.07) is 0. The second kappa shape index (κ2) is 4.19. The van der Waals surface area contributed by atoms with Crippen LogP contribution in [0, 0.1) is 0 Å². The molecule has 1 atom stereocenters. The second-order valence-corrected chi connectivity index (χ2v) is 3.94. The summed E-state index contributed by atoms with van der Waals surface area (Å²) in [5.74, 6) is 0. The number of nitrogens with two attached hydrogens (primary N) is 1. The second-order valence-electron chi connectivity index (χ2n) is 3.94. The van der Waals surface area contributed by atoms with Gasteiger partial charge < -0.3 is 10.8 Å². The topological polar surface area (TPSA) is 46.2 Å². The Morgan fingerprint density at radius 1 is 1.33 bits per heavy atom. The molecule has 0 aromatic rings. The van der Waals surface area contributed by atoms with E-state index in [-0.39, 0.29) is 5.54 Å². The average molecular weight is 175 g/mol. The number of hydrogen-bond acceptors (Lipinski definition) is 2. The molecule has 12 heavy (non-hydrogen) atoms. The van der Waals surface area contributed by atoms with Gasteiger partial charge in [-0.3, -0.25) is 0 Å². The van der Waals surface area contributed by atoms with Gasteiger partial charge in [0, 0.05) is 5.54 Å². The van der Waals surface area contributed by atoms with Gasteiger partial charge in [0.25, 0.3) is 0 Å². The first-order chi connectivity index (χ1) is 5.66. The van der Waals surface area contributed by atoms with Gasteiger partial charge in [0.05, 0.1) is 6.10 Å². The van der Waals surface area contributed by atoms with Gasteiger partial charge in [0.15, 0.2) is 0 Å². The summed E-state index contributed by atoms with van der Waals surface area (Å²) in [4.78, 5) is 0. The van der Waals surface area contributed by atoms with Crippen LogP contribution in [0.3, 0.4) is 0 Å². The van der Waals surface area contributed by atoms with E-state index in [1.165, 1.54) is 6.42 Å². The number of hydrogen-bond donors (Lipinski definition) is 2. The van der Waals surface area contributed by atoms with Crippen molar-refractivity contribution in [2.24, 2.45) is 5.73 Å². The predicted octanol–water partition coefficient (Wildman–Crippen LogP) is 1.37. The largest absolute Gasteiger partial charge is 0.390 e. The Morgan fingerprint density at radius 2 is 1.92 bits per heavy atom. The summed E-state index contributed by atoms with van der Waals surface area (Å²) >= 11 is 0. The zero-order valence-electron chi connectivity index (χ0n) is 7.43. The zero-order chi connectivity index (χ0) is 9.03. The summed E-state index contributed by atoms with van der Waals surface area (Å²) in [5.41, 5.74) is 5.72. The molecule has 0 amide bonds. The molecule has 0 spiro atoms. The lowest BCUT2D eigenvalue weighted by atomic mass is 9.79. The standard InChI is InChI=1S/C9H18FNO/c10-7-8(12)6-9(11)4-2-1-3-5-9/h8,12H,1-7,11H2. The molecule has 3 N–H and O–H groups in total. The molecule has 0 radical (unpaired) electrons. The molecule has 72 valence electrons. The molecule has 0 saturated heterocycles. The van der Waals surface area contributed by atoms with Crippen LogP contribution in [0.4, 0.5) is 4.39 Å². The van der Waals surface area contributed by atoms with Crippen LogP contribution >= 0.6 is 0 Å². The molecule has 0 bridgehead atoms. The Kier molecular flexibility index (Phi) is 3.47. The van der Waals surface area contributed by atoms with Crippen LogP contribution in [0.1, 0.15) is 38.5 Å². The van der Waals surface area contributed by atoms with E-state index in [1.54, 1.807) is 0 Å². The predicted molar refractivity (Wildman–Crippen MR) is 46.6 cm³/mol. The number of aliphatic hydroxyl groups excluding tert-OH is 1. The van der Waals surface area contributed by atoms with Crippen molar-refractivity contribution in [2.75, 3.05) is 6.67 Å². The normalized spacial score (nSPS) is 25.2. The van der Waals surface area contributed by atoms with Gasteiger partial charge in [-0.2, -0.15) is 0 Å². The molecule has 0 aromatic carbocycles. The fourth-order valence-electron chi connectivity index (χ4n) is 1.98. The highest BCUT2D eigenvalue weighted by atomic mass is 19.1. The molecule has 1 rings (SSSR count). The van der Waals surface area contributed by atoms with Crippen molar-refractivity contribution in [3.05, 3.63) is 0 Å². The Bertz CT molecular complexity index is 134. The van der Waals surface area contributed by atoms with Crippen molar-refractivity contribution in [1.29, 1.82) is 0 Å². The summed E-state index contributed by atoms with van der Waals surface area (Å²) in [6.45, 7) is -0.668. The molecule has 1 aliphatic rings. The summed E-state index contributed by atoms with van der Waals surface area (Å²) in [6.07, 6.45) is 4.90. The van der Waals surface area contributed by atoms with Gasteiger partial charge in [-0.25, -0.2) is 4.39 Å². The highest BCUT2D eigenvalue weighted by molar-refractivity contribution is 4.89. The third-order valence-electron chi connectivity index (χ3n) is 2.67. The van der Waals surface area contributed by atoms with Crippen LogP contribution in [0.5, 0.6) is 0 Å². The van der Waals surface area contributed by atoms with Gasteiger partial charge >= 0.3 is 0 Å². The van der Waals surface area contributed by atoms with Crippen LogP contribution in [0.15, 0.2) is 0 Å². The van der Waals surface area contributed by atoms with Crippen molar-refractivity contribution >= 4 is 0 Å². The first-order valence-corrected chi connectivity index (χ1v) is 4.69. The molecular formula is C9H18FNO. The van der Waals surface area contributed by atoms with Crippen molar-refractivity contribution in [2.45, 2.75) is 50.2 Å². The minimum absolute atomic E-state index is 0.288. The van der Waals surface area contributed by atoms with Crippen molar-refractivity contribution in [3.63, 3.8) is 0 Å². The lowest BCUT2D eigenvalue weighted by Gasteiger charge is -2.34. The van der Waals surface area contributed by atoms with Gasteiger partial charge in [0.1, 0.15) is 6.67 Å². The van der Waals surface area contributed by atoms with E-state index < -0.39 is 12.8 Å². The highest BCUT2D eigenvalue weighted by Crippen LogP contribution is 2.29. The molecule has 1 unspecified atom stereocenters. The molecule has 0 aromatic heterocycles. The Labute approximate surface area is 73.0 Å². The maximum atomic E-state index is 12.0. The van der Waals surface area contributed by atoms with Gasteiger partial charge in [0.2, 0.25) is 0 Å². The molecule has 0 heterocycles. The highest BCUT2D eigenvalue weighted by Gasteiger charge is 2.29. The van der Waals surface area contributed by atoms with E-state index in [1.807, 2.05) is 0 Å². The van der Waals surface area contributed by atoms with E-state index in [0.29, 0.717) is 6.42 Å². The summed E-state index contributed by atoms with van der Waals surface area (Å²) in [5, 5.41) is 9.12. The minimum Gasteiger partial charge on any atom is -0.390 e. The van der Waals surface area contributed by atoms with Crippen LogP contribution in [0.25, 0.3) is 0 Å². The number of halogens is 1. The average Bonchev–Trinajstić information content (AvgIpc) is 2.05. The fraction of sp³-hybridized carbons (Fsp3) is 1.00. The Balaban J connectivity index is 2.35. The first kappa shape index (κ1) is 9.93. The zero-order valence-corrected chi connectivity index (χ0v) is 7.43. The van der Waals surface area contributed by atoms with Crippen LogP contribution in [0.2, 0.25) is 0 Å².